The molecule has 4 heteroatoms. The zero-order valence-electron chi connectivity index (χ0n) is 9.21. The molecule has 0 atom stereocenters. The number of rotatable bonds is 4. The molecule has 0 aliphatic carbocycles. The largest absolute Gasteiger partial charge is 0.477 e. The highest BCUT2D eigenvalue weighted by Gasteiger charge is 1.98. The fourth-order valence-electron chi connectivity index (χ4n) is 1.36. The molecular formula is C13H11N3O. The number of pyridine rings is 2. The van der Waals surface area contributed by atoms with Gasteiger partial charge in [-0.05, 0) is 18.2 Å². The molecule has 0 unspecified atom stereocenters. The topological polar surface area (TPSA) is 58.8 Å². The summed E-state index contributed by atoms with van der Waals surface area (Å²) in [6.45, 7) is 0.499. The molecule has 0 radical (unpaired) electrons. The molecule has 17 heavy (non-hydrogen) atoms. The van der Waals surface area contributed by atoms with Crippen molar-refractivity contribution in [1.82, 2.24) is 9.97 Å². The Kier molecular flexibility index (Phi) is 3.66. The Morgan fingerprint density at radius 2 is 2.12 bits per heavy atom. The van der Waals surface area contributed by atoms with Gasteiger partial charge in [-0.1, -0.05) is 6.07 Å². The van der Waals surface area contributed by atoms with Gasteiger partial charge in [-0.25, -0.2) is 4.98 Å². The normalized spacial score (nSPS) is 9.59. The van der Waals surface area contributed by atoms with Crippen LogP contribution in [0.1, 0.15) is 11.3 Å². The van der Waals surface area contributed by atoms with Crippen molar-refractivity contribution >= 4 is 0 Å². The number of nitriles is 1. The SMILES string of the molecule is N#Cc1ccnc(OCCc2ccccn2)c1. The van der Waals surface area contributed by atoms with Gasteiger partial charge in [-0.2, -0.15) is 5.26 Å². The molecule has 0 N–H and O–H groups in total. The molecular weight excluding hydrogens is 214 g/mol. The third kappa shape index (κ3) is 3.28. The first-order chi connectivity index (χ1) is 8.38. The zero-order valence-corrected chi connectivity index (χ0v) is 9.21. The molecule has 2 aromatic rings. The van der Waals surface area contributed by atoms with Gasteiger partial charge in [0.05, 0.1) is 18.2 Å². The molecule has 0 saturated heterocycles. The van der Waals surface area contributed by atoms with Crippen molar-refractivity contribution < 1.29 is 4.74 Å². The summed E-state index contributed by atoms with van der Waals surface area (Å²) in [5.41, 5.74) is 1.52. The Morgan fingerprint density at radius 1 is 1.18 bits per heavy atom. The van der Waals surface area contributed by atoms with Crippen molar-refractivity contribution in [1.29, 1.82) is 5.26 Å². The van der Waals surface area contributed by atoms with Crippen molar-refractivity contribution in [3.63, 3.8) is 0 Å². The van der Waals surface area contributed by atoms with E-state index in [9.17, 15) is 0 Å². The molecule has 0 bridgehead atoms. The molecule has 0 amide bonds. The molecule has 0 fully saturated rings. The van der Waals surface area contributed by atoms with E-state index in [1.807, 2.05) is 24.3 Å². The monoisotopic (exact) mass is 225 g/mol. The maximum atomic E-state index is 8.72. The quantitative estimate of drug-likeness (QED) is 0.798. The van der Waals surface area contributed by atoms with Crippen LogP contribution < -0.4 is 4.74 Å². The smallest absolute Gasteiger partial charge is 0.214 e. The van der Waals surface area contributed by atoms with E-state index < -0.39 is 0 Å². The summed E-state index contributed by atoms with van der Waals surface area (Å²) in [7, 11) is 0. The Morgan fingerprint density at radius 3 is 2.88 bits per heavy atom. The van der Waals surface area contributed by atoms with Crippen LogP contribution in [0.5, 0.6) is 5.88 Å². The maximum Gasteiger partial charge on any atom is 0.214 e. The van der Waals surface area contributed by atoms with E-state index in [1.165, 1.54) is 0 Å². The van der Waals surface area contributed by atoms with Crippen LogP contribution in [-0.4, -0.2) is 16.6 Å². The van der Waals surface area contributed by atoms with Crippen LogP contribution in [0.25, 0.3) is 0 Å². The van der Waals surface area contributed by atoms with E-state index in [4.69, 9.17) is 10.00 Å². The average Bonchev–Trinajstić information content (AvgIpc) is 2.40. The van der Waals surface area contributed by atoms with Gasteiger partial charge in [0.15, 0.2) is 0 Å². The van der Waals surface area contributed by atoms with E-state index in [0.717, 1.165) is 12.1 Å². The predicted molar refractivity (Wildman–Crippen MR) is 62.4 cm³/mol. The van der Waals surface area contributed by atoms with Gasteiger partial charge >= 0.3 is 0 Å². The first kappa shape index (κ1) is 11.1. The summed E-state index contributed by atoms with van der Waals surface area (Å²) in [5, 5.41) is 8.72. The second-order valence-electron chi connectivity index (χ2n) is 3.41. The van der Waals surface area contributed by atoms with Gasteiger partial charge in [0.1, 0.15) is 0 Å². The molecule has 0 aliphatic rings. The predicted octanol–water partition coefficient (Wildman–Crippen LogP) is 1.97. The van der Waals surface area contributed by atoms with Crippen molar-refractivity contribution in [2.45, 2.75) is 6.42 Å². The van der Waals surface area contributed by atoms with Crippen molar-refractivity contribution in [3.8, 4) is 11.9 Å². The third-order valence-corrected chi connectivity index (χ3v) is 2.20. The molecule has 2 aromatic heterocycles. The lowest BCUT2D eigenvalue weighted by Gasteiger charge is -2.04. The lowest BCUT2D eigenvalue weighted by atomic mass is 10.3. The van der Waals surface area contributed by atoms with Crippen LogP contribution in [0.4, 0.5) is 0 Å². The van der Waals surface area contributed by atoms with Gasteiger partial charge in [0, 0.05) is 30.6 Å². The van der Waals surface area contributed by atoms with E-state index in [2.05, 4.69) is 9.97 Å². The van der Waals surface area contributed by atoms with Crippen LogP contribution in [-0.2, 0) is 6.42 Å². The summed E-state index contributed by atoms with van der Waals surface area (Å²) in [5.74, 6) is 0.472. The minimum atomic E-state index is 0.472. The molecule has 0 saturated carbocycles. The summed E-state index contributed by atoms with van der Waals surface area (Å²) in [6.07, 6.45) is 4.04. The summed E-state index contributed by atoms with van der Waals surface area (Å²) in [6, 6.07) is 11.1. The van der Waals surface area contributed by atoms with Crippen molar-refractivity contribution in [2.75, 3.05) is 6.61 Å². The number of aromatic nitrogens is 2. The summed E-state index contributed by atoms with van der Waals surface area (Å²) >= 11 is 0. The van der Waals surface area contributed by atoms with Gasteiger partial charge < -0.3 is 4.74 Å². The fraction of sp³-hybridized carbons (Fsp3) is 0.154. The summed E-state index contributed by atoms with van der Waals surface area (Å²) in [4.78, 5) is 8.22. The zero-order chi connectivity index (χ0) is 11.9. The van der Waals surface area contributed by atoms with Crippen LogP contribution in [0, 0.1) is 11.3 Å². The molecule has 0 spiro atoms. The second kappa shape index (κ2) is 5.61. The standard InChI is InChI=1S/C13H11N3O/c14-10-11-4-7-16-13(9-11)17-8-5-12-3-1-2-6-15-12/h1-4,6-7,9H,5,8H2. The van der Waals surface area contributed by atoms with Crippen LogP contribution in [0.3, 0.4) is 0 Å². The van der Waals surface area contributed by atoms with Gasteiger partial charge in [0.25, 0.3) is 0 Å². The minimum absolute atomic E-state index is 0.472. The van der Waals surface area contributed by atoms with E-state index >= 15 is 0 Å². The lowest BCUT2D eigenvalue weighted by molar-refractivity contribution is 0.308. The third-order valence-electron chi connectivity index (χ3n) is 2.20. The van der Waals surface area contributed by atoms with E-state index in [0.29, 0.717) is 18.1 Å². The molecule has 0 aromatic carbocycles. The maximum absolute atomic E-state index is 8.72. The van der Waals surface area contributed by atoms with E-state index in [1.54, 1.807) is 24.5 Å². The minimum Gasteiger partial charge on any atom is -0.477 e. The molecule has 84 valence electrons. The van der Waals surface area contributed by atoms with Crippen LogP contribution in [0.15, 0.2) is 42.7 Å². The van der Waals surface area contributed by atoms with E-state index in [-0.39, 0.29) is 0 Å². The van der Waals surface area contributed by atoms with Gasteiger partial charge in [-0.15, -0.1) is 0 Å². The highest BCUT2D eigenvalue weighted by atomic mass is 16.5. The Bertz CT molecular complexity index is 520. The highest BCUT2D eigenvalue weighted by molar-refractivity contribution is 5.31. The molecule has 2 heterocycles. The molecule has 4 nitrogen and oxygen atoms in total. The second-order valence-corrected chi connectivity index (χ2v) is 3.41. The van der Waals surface area contributed by atoms with Crippen molar-refractivity contribution in [3.05, 3.63) is 54.0 Å². The molecule has 0 aliphatic heterocycles. The molecule has 2 rings (SSSR count). The number of nitrogens with zero attached hydrogens (tertiary/aromatic N) is 3. The van der Waals surface area contributed by atoms with Gasteiger partial charge in [-0.3, -0.25) is 4.98 Å². The first-order valence-corrected chi connectivity index (χ1v) is 5.27. The fourth-order valence-corrected chi connectivity index (χ4v) is 1.36. The van der Waals surface area contributed by atoms with Gasteiger partial charge in [0.2, 0.25) is 5.88 Å². The Hall–Kier alpha value is -2.41. The Labute approximate surface area is 99.5 Å². The number of ether oxygens (including phenoxy) is 1. The average molecular weight is 225 g/mol. The summed E-state index contributed by atoms with van der Waals surface area (Å²) < 4.78 is 5.45. The van der Waals surface area contributed by atoms with Crippen LogP contribution >= 0.6 is 0 Å². The first-order valence-electron chi connectivity index (χ1n) is 5.27. The highest BCUT2D eigenvalue weighted by Crippen LogP contribution is 2.08. The lowest BCUT2D eigenvalue weighted by Crippen LogP contribution is -2.03. The number of hydrogen-bond acceptors (Lipinski definition) is 4. The Balaban J connectivity index is 1.88. The number of hydrogen-bond donors (Lipinski definition) is 0. The van der Waals surface area contributed by atoms with Crippen molar-refractivity contribution in [2.24, 2.45) is 0 Å². The van der Waals surface area contributed by atoms with Crippen LogP contribution in [0.2, 0.25) is 0 Å².